The van der Waals surface area contributed by atoms with Gasteiger partial charge in [0.25, 0.3) is 0 Å². The molecule has 1 aliphatic heterocycles. The van der Waals surface area contributed by atoms with Gasteiger partial charge in [-0.25, -0.2) is 8.42 Å². The van der Waals surface area contributed by atoms with Crippen molar-refractivity contribution in [3.8, 4) is 11.5 Å². The Morgan fingerprint density at radius 2 is 1.89 bits per heavy atom. The van der Waals surface area contributed by atoms with Crippen molar-refractivity contribution in [1.29, 1.82) is 0 Å². The Morgan fingerprint density at radius 1 is 1.21 bits per heavy atom. The highest BCUT2D eigenvalue weighted by atomic mass is 32.2. The molecule has 2 aromatic carbocycles. The zero-order valence-corrected chi connectivity index (χ0v) is 17.2. The van der Waals surface area contributed by atoms with Crippen LogP contribution in [0.3, 0.4) is 0 Å². The summed E-state index contributed by atoms with van der Waals surface area (Å²) < 4.78 is 43.2. The normalized spacial score (nSPS) is 25.5. The third kappa shape index (κ3) is 2.78. The van der Waals surface area contributed by atoms with Crippen molar-refractivity contribution in [2.24, 2.45) is 11.1 Å². The average molecular weight is 420 g/mol. The van der Waals surface area contributed by atoms with Gasteiger partial charge >= 0.3 is 0 Å². The van der Waals surface area contributed by atoms with Gasteiger partial charge in [0, 0.05) is 13.0 Å². The van der Waals surface area contributed by atoms with Gasteiger partial charge in [-0.2, -0.15) is 0 Å². The van der Waals surface area contributed by atoms with E-state index in [-0.39, 0.29) is 23.3 Å². The first-order chi connectivity index (χ1) is 13.3. The first kappa shape index (κ1) is 19.2. The van der Waals surface area contributed by atoms with Gasteiger partial charge < -0.3 is 19.9 Å². The van der Waals surface area contributed by atoms with Gasteiger partial charge in [0.2, 0.25) is 6.79 Å². The molecular weight excluding hydrogens is 398 g/mol. The Bertz CT molecular complexity index is 1040. The predicted octanol–water partition coefficient (Wildman–Crippen LogP) is 2.58. The van der Waals surface area contributed by atoms with E-state index in [1.54, 1.807) is 36.4 Å². The molecule has 0 bridgehead atoms. The highest BCUT2D eigenvalue weighted by molar-refractivity contribution is 7.92. The molecule has 4 rings (SSSR count). The van der Waals surface area contributed by atoms with Gasteiger partial charge in [0.05, 0.1) is 27.2 Å². The van der Waals surface area contributed by atoms with Gasteiger partial charge in [0.1, 0.15) is 0 Å². The maximum absolute atomic E-state index is 13.5. The molecule has 148 valence electrons. The first-order valence-corrected chi connectivity index (χ1v) is 10.8. The number of methoxy groups -OCH3 is 1. The van der Waals surface area contributed by atoms with E-state index in [0.717, 1.165) is 11.1 Å². The van der Waals surface area contributed by atoms with Gasteiger partial charge in [-0.3, -0.25) is 0 Å². The molecule has 2 aliphatic rings. The SMILES string of the molecule is COC[C@]1(C(N)=S)[C@H](c2ccc3c(c2)OCO3)[C@@H]1S(=O)(=O)c1ccc(C)cc1. The van der Waals surface area contributed by atoms with Crippen LogP contribution < -0.4 is 15.2 Å². The Morgan fingerprint density at radius 3 is 2.54 bits per heavy atom. The Balaban J connectivity index is 1.81. The van der Waals surface area contributed by atoms with Crippen LogP contribution in [0.15, 0.2) is 47.4 Å². The van der Waals surface area contributed by atoms with E-state index >= 15 is 0 Å². The molecule has 0 spiro atoms. The molecule has 0 saturated heterocycles. The van der Waals surface area contributed by atoms with Crippen LogP contribution in [0.4, 0.5) is 0 Å². The van der Waals surface area contributed by atoms with E-state index in [0.29, 0.717) is 11.5 Å². The summed E-state index contributed by atoms with van der Waals surface area (Å²) in [6.45, 7) is 2.18. The second-order valence-electron chi connectivity index (χ2n) is 7.21. The molecule has 0 unspecified atom stereocenters. The number of fused-ring (bicyclic) bond motifs is 1. The van der Waals surface area contributed by atoms with Gasteiger partial charge in [-0.15, -0.1) is 0 Å². The number of nitrogens with two attached hydrogens (primary N) is 1. The second-order valence-corrected chi connectivity index (χ2v) is 9.72. The molecule has 6 nitrogen and oxygen atoms in total. The van der Waals surface area contributed by atoms with Crippen LogP contribution in [0.25, 0.3) is 0 Å². The van der Waals surface area contributed by atoms with Crippen molar-refractivity contribution < 1.29 is 22.6 Å². The minimum absolute atomic E-state index is 0.122. The summed E-state index contributed by atoms with van der Waals surface area (Å²) in [6.07, 6.45) is 0. The third-order valence-electron chi connectivity index (χ3n) is 5.54. The fourth-order valence-electron chi connectivity index (χ4n) is 4.09. The third-order valence-corrected chi connectivity index (χ3v) is 8.21. The quantitative estimate of drug-likeness (QED) is 0.720. The summed E-state index contributed by atoms with van der Waals surface area (Å²) in [5.41, 5.74) is 6.88. The highest BCUT2D eigenvalue weighted by Gasteiger charge is 2.73. The molecule has 1 fully saturated rings. The standard InChI is InChI=1S/C20H21NO5S2/c1-12-3-6-14(7-4-12)28(22,23)18-17(20(18,10-24-2)19(21)27)13-5-8-15-16(9-13)26-11-25-15/h3-9,17-18H,10-11H2,1-2H3,(H2,21,27)/t17-,18+,20+/m1/s1. The van der Waals surface area contributed by atoms with E-state index in [1.165, 1.54) is 7.11 Å². The fourth-order valence-corrected chi connectivity index (χ4v) is 6.86. The first-order valence-electron chi connectivity index (χ1n) is 8.81. The van der Waals surface area contributed by atoms with Crippen molar-refractivity contribution in [2.45, 2.75) is 23.0 Å². The molecule has 28 heavy (non-hydrogen) atoms. The Labute approximate surface area is 169 Å². The zero-order valence-electron chi connectivity index (χ0n) is 15.5. The lowest BCUT2D eigenvalue weighted by Gasteiger charge is -2.16. The van der Waals surface area contributed by atoms with E-state index in [9.17, 15) is 8.42 Å². The maximum atomic E-state index is 13.5. The van der Waals surface area contributed by atoms with E-state index in [4.69, 9.17) is 32.2 Å². The molecule has 1 saturated carbocycles. The molecule has 0 amide bonds. The van der Waals surface area contributed by atoms with E-state index in [1.807, 2.05) is 13.0 Å². The zero-order chi connectivity index (χ0) is 20.1. The number of sulfone groups is 1. The monoisotopic (exact) mass is 419 g/mol. The van der Waals surface area contributed by atoms with Crippen LogP contribution in [0.2, 0.25) is 0 Å². The van der Waals surface area contributed by atoms with Crippen LogP contribution in [0.1, 0.15) is 17.0 Å². The smallest absolute Gasteiger partial charge is 0.231 e. The van der Waals surface area contributed by atoms with Crippen molar-refractivity contribution in [3.63, 3.8) is 0 Å². The number of benzene rings is 2. The largest absolute Gasteiger partial charge is 0.454 e. The molecule has 2 aromatic rings. The van der Waals surface area contributed by atoms with Crippen molar-refractivity contribution >= 4 is 27.0 Å². The molecule has 0 aromatic heterocycles. The van der Waals surface area contributed by atoms with Crippen molar-refractivity contribution in [3.05, 3.63) is 53.6 Å². The number of thiocarbonyl (C=S) groups is 1. The number of rotatable bonds is 6. The Kier molecular flexibility index (Phi) is 4.60. The van der Waals surface area contributed by atoms with Crippen molar-refractivity contribution in [1.82, 2.24) is 0 Å². The predicted molar refractivity (Wildman–Crippen MR) is 109 cm³/mol. The molecule has 0 radical (unpaired) electrons. The molecular formula is C20H21NO5S2. The van der Waals surface area contributed by atoms with E-state index < -0.39 is 26.4 Å². The minimum Gasteiger partial charge on any atom is -0.454 e. The fraction of sp³-hybridized carbons (Fsp3) is 0.350. The lowest BCUT2D eigenvalue weighted by molar-refractivity contribution is 0.166. The van der Waals surface area contributed by atoms with Crippen molar-refractivity contribution in [2.75, 3.05) is 20.5 Å². The number of hydrogen-bond acceptors (Lipinski definition) is 6. The highest BCUT2D eigenvalue weighted by Crippen LogP contribution is 2.65. The number of ether oxygens (including phenoxy) is 3. The average Bonchev–Trinajstić information content (AvgIpc) is 3.13. The molecule has 1 aliphatic carbocycles. The van der Waals surface area contributed by atoms with Gasteiger partial charge in [-0.05, 0) is 36.8 Å². The summed E-state index contributed by atoms with van der Waals surface area (Å²) in [7, 11) is -2.17. The summed E-state index contributed by atoms with van der Waals surface area (Å²) in [5, 5.41) is -0.805. The second kappa shape index (κ2) is 6.72. The van der Waals surface area contributed by atoms with Crippen LogP contribution >= 0.6 is 12.2 Å². The molecule has 8 heteroatoms. The number of hydrogen-bond donors (Lipinski definition) is 1. The minimum atomic E-state index is -3.69. The summed E-state index contributed by atoms with van der Waals surface area (Å²) in [6, 6.07) is 12.2. The van der Waals surface area contributed by atoms with Crippen LogP contribution in [-0.4, -0.2) is 39.2 Å². The Hall–Kier alpha value is -2.16. The van der Waals surface area contributed by atoms with Crippen LogP contribution in [0.5, 0.6) is 11.5 Å². The van der Waals surface area contributed by atoms with E-state index in [2.05, 4.69) is 0 Å². The van der Waals surface area contributed by atoms with Gasteiger partial charge in [0.15, 0.2) is 21.3 Å². The molecule has 3 atom stereocenters. The molecule has 1 heterocycles. The molecule has 2 N–H and O–H groups in total. The lowest BCUT2D eigenvalue weighted by Crippen LogP contribution is -2.33. The lowest BCUT2D eigenvalue weighted by atomic mass is 9.99. The number of aryl methyl sites for hydroxylation is 1. The summed E-state index contributed by atoms with van der Waals surface area (Å²) in [5.74, 6) is 0.797. The van der Waals surface area contributed by atoms with Crippen LogP contribution in [-0.2, 0) is 14.6 Å². The topological polar surface area (TPSA) is 87.8 Å². The van der Waals surface area contributed by atoms with Crippen LogP contribution in [0, 0.1) is 12.3 Å². The maximum Gasteiger partial charge on any atom is 0.231 e. The van der Waals surface area contributed by atoms with Gasteiger partial charge in [-0.1, -0.05) is 36.0 Å². The summed E-state index contributed by atoms with van der Waals surface area (Å²) in [4.78, 5) is 0.390. The summed E-state index contributed by atoms with van der Waals surface area (Å²) >= 11 is 5.33.